The molecule has 2 aromatic rings. The second-order valence-corrected chi connectivity index (χ2v) is 8.93. The molecule has 1 amide bonds. The largest absolute Gasteiger partial charge is 0.347 e. The van der Waals surface area contributed by atoms with Crippen molar-refractivity contribution >= 4 is 23.5 Å². The van der Waals surface area contributed by atoms with Gasteiger partial charge in [0.1, 0.15) is 0 Å². The lowest BCUT2D eigenvalue weighted by Gasteiger charge is -2.33. The van der Waals surface area contributed by atoms with Gasteiger partial charge in [-0.3, -0.25) is 4.79 Å². The van der Waals surface area contributed by atoms with Crippen molar-refractivity contribution in [2.45, 2.75) is 38.0 Å². The van der Waals surface area contributed by atoms with Gasteiger partial charge in [-0.1, -0.05) is 35.9 Å². The van der Waals surface area contributed by atoms with Crippen molar-refractivity contribution in [2.24, 2.45) is 5.92 Å². The van der Waals surface area contributed by atoms with Gasteiger partial charge >= 0.3 is 0 Å². The van der Waals surface area contributed by atoms with E-state index in [1.807, 2.05) is 48.3 Å². The monoisotopic (exact) mass is 424 g/mol. The molecule has 0 N–H and O–H groups in total. The molecule has 1 atom stereocenters. The number of piperidine rings is 1. The highest BCUT2D eigenvalue weighted by atomic mass is 35.5. The Hall–Kier alpha value is -2.40. The van der Waals surface area contributed by atoms with Crippen LogP contribution in [0.5, 0.6) is 0 Å². The summed E-state index contributed by atoms with van der Waals surface area (Å²) in [6.45, 7) is 1.58. The van der Waals surface area contributed by atoms with Crippen LogP contribution in [0.15, 0.2) is 42.6 Å². The van der Waals surface area contributed by atoms with E-state index in [0.29, 0.717) is 29.2 Å². The van der Waals surface area contributed by atoms with Crippen molar-refractivity contribution in [3.8, 4) is 11.1 Å². The van der Waals surface area contributed by atoms with Crippen LogP contribution in [-0.2, 0) is 4.79 Å². The van der Waals surface area contributed by atoms with Crippen LogP contribution in [0.3, 0.4) is 0 Å². The van der Waals surface area contributed by atoms with Gasteiger partial charge < -0.3 is 9.80 Å². The number of likely N-dealkylation sites (tertiary alicyclic amines) is 1. The summed E-state index contributed by atoms with van der Waals surface area (Å²) in [5, 5.41) is 0.705. The summed E-state index contributed by atoms with van der Waals surface area (Å²) in [5.41, 5.74) is 3.13. The summed E-state index contributed by atoms with van der Waals surface area (Å²) in [4.78, 5) is 26.1. The first-order valence-corrected chi connectivity index (χ1v) is 11.1. The van der Waals surface area contributed by atoms with Gasteiger partial charge in [-0.25, -0.2) is 9.97 Å². The van der Waals surface area contributed by atoms with Gasteiger partial charge in [-0.15, -0.1) is 0 Å². The number of carbonyl (C=O) groups is 1. The standard InChI is InChI=1S/C24H29ClN4O/c1-28(2)24-26-16-21(19-8-5-9-20(25)15-19)23(27-24)18-10-12-29(13-11-18)22(30)14-17-6-3-4-7-17/h3,5-6,8-9,15-18H,4,7,10-14H2,1-2H3/t17-/m1/s1. The molecule has 1 fully saturated rings. The molecular formula is C24H29ClN4O. The lowest BCUT2D eigenvalue weighted by atomic mass is 9.88. The molecule has 1 aromatic carbocycles. The summed E-state index contributed by atoms with van der Waals surface area (Å²) < 4.78 is 0. The molecule has 0 spiro atoms. The van der Waals surface area contributed by atoms with Crippen molar-refractivity contribution in [3.63, 3.8) is 0 Å². The van der Waals surface area contributed by atoms with Gasteiger partial charge in [0.2, 0.25) is 11.9 Å². The Kier molecular flexibility index (Phi) is 6.38. The minimum atomic E-state index is 0.289. The Morgan fingerprint density at radius 1 is 1.23 bits per heavy atom. The highest BCUT2D eigenvalue weighted by Gasteiger charge is 2.28. The van der Waals surface area contributed by atoms with Gasteiger partial charge in [-0.05, 0) is 49.3 Å². The number of amides is 1. The van der Waals surface area contributed by atoms with Crippen molar-refractivity contribution in [1.29, 1.82) is 0 Å². The maximum atomic E-state index is 12.7. The van der Waals surface area contributed by atoms with E-state index in [-0.39, 0.29) is 5.91 Å². The third kappa shape index (κ3) is 4.67. The van der Waals surface area contributed by atoms with Crippen LogP contribution in [-0.4, -0.2) is 48.0 Å². The van der Waals surface area contributed by atoms with Crippen molar-refractivity contribution in [1.82, 2.24) is 14.9 Å². The Morgan fingerprint density at radius 2 is 2.03 bits per heavy atom. The van der Waals surface area contributed by atoms with Crippen LogP contribution < -0.4 is 4.90 Å². The number of hydrogen-bond donors (Lipinski definition) is 0. The number of nitrogens with zero attached hydrogens (tertiary/aromatic N) is 4. The SMILES string of the molecule is CN(C)c1ncc(-c2cccc(Cl)c2)c(C2CCN(C(=O)C[C@@H]3C=CCC3)CC2)n1. The zero-order valence-corrected chi connectivity index (χ0v) is 18.5. The highest BCUT2D eigenvalue weighted by molar-refractivity contribution is 6.30. The second-order valence-electron chi connectivity index (χ2n) is 8.50. The summed E-state index contributed by atoms with van der Waals surface area (Å²) in [6.07, 6.45) is 11.0. The predicted octanol–water partition coefficient (Wildman–Crippen LogP) is 4.93. The van der Waals surface area contributed by atoms with E-state index in [1.54, 1.807) is 0 Å². The minimum absolute atomic E-state index is 0.289. The Balaban J connectivity index is 1.52. The van der Waals surface area contributed by atoms with Gasteiger partial charge in [0.25, 0.3) is 0 Å². The number of benzene rings is 1. The summed E-state index contributed by atoms with van der Waals surface area (Å²) >= 11 is 6.24. The van der Waals surface area contributed by atoms with E-state index in [0.717, 1.165) is 55.6 Å². The van der Waals surface area contributed by atoms with Crippen molar-refractivity contribution < 1.29 is 4.79 Å². The van der Waals surface area contributed by atoms with Crippen LogP contribution in [0, 0.1) is 5.92 Å². The topological polar surface area (TPSA) is 49.3 Å². The average molecular weight is 425 g/mol. The molecule has 2 aliphatic rings. The van der Waals surface area contributed by atoms with Crippen LogP contribution in [0.1, 0.15) is 43.7 Å². The Bertz CT molecular complexity index is 935. The molecule has 1 aromatic heterocycles. The number of carbonyl (C=O) groups excluding carboxylic acids is 1. The van der Waals surface area contributed by atoms with E-state index < -0.39 is 0 Å². The van der Waals surface area contributed by atoms with E-state index in [9.17, 15) is 4.79 Å². The Labute approximate surface area is 183 Å². The predicted molar refractivity (Wildman–Crippen MR) is 122 cm³/mol. The van der Waals surface area contributed by atoms with E-state index in [1.165, 1.54) is 0 Å². The average Bonchev–Trinajstić information content (AvgIpc) is 3.26. The highest BCUT2D eigenvalue weighted by Crippen LogP contribution is 2.35. The van der Waals surface area contributed by atoms with E-state index in [2.05, 4.69) is 23.2 Å². The lowest BCUT2D eigenvalue weighted by molar-refractivity contribution is -0.132. The molecule has 6 heteroatoms. The maximum Gasteiger partial charge on any atom is 0.225 e. The number of aromatic nitrogens is 2. The molecule has 0 bridgehead atoms. The van der Waals surface area contributed by atoms with E-state index in [4.69, 9.17) is 16.6 Å². The minimum Gasteiger partial charge on any atom is -0.347 e. The van der Waals surface area contributed by atoms with Crippen LogP contribution >= 0.6 is 11.6 Å². The first-order chi connectivity index (χ1) is 14.5. The van der Waals surface area contributed by atoms with Gasteiger partial charge in [-0.2, -0.15) is 0 Å². The van der Waals surface area contributed by atoms with Gasteiger partial charge in [0.15, 0.2) is 0 Å². The summed E-state index contributed by atoms with van der Waals surface area (Å²) in [7, 11) is 3.91. The fourth-order valence-corrected chi connectivity index (χ4v) is 4.60. The fraction of sp³-hybridized carbons (Fsp3) is 0.458. The fourth-order valence-electron chi connectivity index (χ4n) is 4.41. The molecule has 1 aliphatic carbocycles. The normalized spacial score (nSPS) is 19.3. The third-order valence-corrected chi connectivity index (χ3v) is 6.36. The Morgan fingerprint density at radius 3 is 2.70 bits per heavy atom. The van der Waals surface area contributed by atoms with Crippen LogP contribution in [0.25, 0.3) is 11.1 Å². The number of allylic oxidation sites excluding steroid dienone is 2. The number of anilines is 1. The molecule has 158 valence electrons. The van der Waals surface area contributed by atoms with Crippen molar-refractivity contribution in [2.75, 3.05) is 32.1 Å². The number of rotatable bonds is 5. The quantitative estimate of drug-likeness (QED) is 0.639. The zero-order valence-electron chi connectivity index (χ0n) is 17.7. The molecule has 30 heavy (non-hydrogen) atoms. The number of halogens is 1. The smallest absolute Gasteiger partial charge is 0.225 e. The zero-order chi connectivity index (χ0) is 21.1. The number of hydrogen-bond acceptors (Lipinski definition) is 4. The second kappa shape index (κ2) is 9.17. The first kappa shape index (κ1) is 20.9. The molecular weight excluding hydrogens is 396 g/mol. The van der Waals surface area contributed by atoms with Crippen LogP contribution in [0.2, 0.25) is 5.02 Å². The molecule has 0 unspecified atom stereocenters. The van der Waals surface area contributed by atoms with Gasteiger partial charge in [0, 0.05) is 56.3 Å². The van der Waals surface area contributed by atoms with Crippen LogP contribution in [0.4, 0.5) is 5.95 Å². The van der Waals surface area contributed by atoms with Gasteiger partial charge in [0.05, 0.1) is 5.69 Å². The molecule has 4 rings (SSSR count). The molecule has 1 saturated heterocycles. The van der Waals surface area contributed by atoms with E-state index >= 15 is 0 Å². The summed E-state index contributed by atoms with van der Waals surface area (Å²) in [5.74, 6) is 1.73. The molecule has 0 radical (unpaired) electrons. The third-order valence-electron chi connectivity index (χ3n) is 6.12. The molecule has 5 nitrogen and oxygen atoms in total. The summed E-state index contributed by atoms with van der Waals surface area (Å²) in [6, 6.07) is 7.85. The lowest BCUT2D eigenvalue weighted by Crippen LogP contribution is -2.38. The molecule has 0 saturated carbocycles. The molecule has 2 heterocycles. The maximum absolute atomic E-state index is 12.7. The van der Waals surface area contributed by atoms with Crippen molar-refractivity contribution in [3.05, 3.63) is 53.3 Å². The first-order valence-electron chi connectivity index (χ1n) is 10.8. The molecule has 1 aliphatic heterocycles.